The van der Waals surface area contributed by atoms with Gasteiger partial charge >= 0.3 is 12.3 Å². The number of rotatable bonds is 6. The average Bonchev–Trinajstić information content (AvgIpc) is 2.54. The quantitative estimate of drug-likeness (QED) is 0.805. The standard InChI is InChI=1S/C18H18F3NO3/c1-2-24-17(23)16(22)11-12-4-3-5-14(10-12)13-6-8-15(9-7-13)25-18(19,20)21/h3-10,16H,2,11,22H2,1H3. The molecule has 25 heavy (non-hydrogen) atoms. The number of benzene rings is 2. The summed E-state index contributed by atoms with van der Waals surface area (Å²) in [6.07, 6.45) is -4.41. The zero-order valence-electron chi connectivity index (χ0n) is 13.5. The molecule has 0 radical (unpaired) electrons. The van der Waals surface area contributed by atoms with Crippen molar-refractivity contribution < 1.29 is 27.4 Å². The molecule has 0 amide bonds. The van der Waals surface area contributed by atoms with E-state index < -0.39 is 18.4 Å². The van der Waals surface area contributed by atoms with E-state index >= 15 is 0 Å². The van der Waals surface area contributed by atoms with E-state index in [1.165, 1.54) is 24.3 Å². The summed E-state index contributed by atoms with van der Waals surface area (Å²) in [4.78, 5) is 11.6. The molecule has 0 aliphatic heterocycles. The molecule has 7 heteroatoms. The fraction of sp³-hybridized carbons (Fsp3) is 0.278. The number of halogens is 3. The van der Waals surface area contributed by atoms with E-state index in [4.69, 9.17) is 10.5 Å². The lowest BCUT2D eigenvalue weighted by Gasteiger charge is -2.12. The van der Waals surface area contributed by atoms with E-state index in [2.05, 4.69) is 4.74 Å². The highest BCUT2D eigenvalue weighted by Crippen LogP contribution is 2.27. The van der Waals surface area contributed by atoms with Crippen LogP contribution in [0, 0.1) is 0 Å². The molecule has 2 aromatic carbocycles. The predicted octanol–water partition coefficient (Wildman–Crippen LogP) is 3.69. The van der Waals surface area contributed by atoms with Crippen LogP contribution in [0.4, 0.5) is 13.2 Å². The van der Waals surface area contributed by atoms with Crippen molar-refractivity contribution >= 4 is 5.97 Å². The van der Waals surface area contributed by atoms with Crippen LogP contribution in [0.25, 0.3) is 11.1 Å². The van der Waals surface area contributed by atoms with E-state index in [9.17, 15) is 18.0 Å². The van der Waals surface area contributed by atoms with Crippen molar-refractivity contribution in [2.75, 3.05) is 6.61 Å². The molecule has 2 N–H and O–H groups in total. The second-order valence-electron chi connectivity index (χ2n) is 5.34. The third-order valence-corrected chi connectivity index (χ3v) is 3.39. The molecular weight excluding hydrogens is 335 g/mol. The van der Waals surface area contributed by atoms with Gasteiger partial charge in [-0.15, -0.1) is 13.2 Å². The van der Waals surface area contributed by atoms with E-state index in [0.717, 1.165) is 16.7 Å². The Morgan fingerprint density at radius 3 is 2.40 bits per heavy atom. The van der Waals surface area contributed by atoms with Crippen LogP contribution in [-0.2, 0) is 16.0 Å². The van der Waals surface area contributed by atoms with Crippen molar-refractivity contribution in [3.05, 3.63) is 54.1 Å². The number of esters is 1. The molecule has 0 saturated heterocycles. The summed E-state index contributed by atoms with van der Waals surface area (Å²) in [6, 6.07) is 12.1. The summed E-state index contributed by atoms with van der Waals surface area (Å²) in [5, 5.41) is 0. The van der Waals surface area contributed by atoms with Gasteiger partial charge in [-0.25, -0.2) is 0 Å². The van der Waals surface area contributed by atoms with Crippen LogP contribution in [0.3, 0.4) is 0 Å². The fourth-order valence-corrected chi connectivity index (χ4v) is 2.31. The molecule has 4 nitrogen and oxygen atoms in total. The Labute approximate surface area is 143 Å². The Morgan fingerprint density at radius 2 is 1.80 bits per heavy atom. The smallest absolute Gasteiger partial charge is 0.465 e. The molecule has 0 aliphatic rings. The third-order valence-electron chi connectivity index (χ3n) is 3.39. The number of carbonyl (C=O) groups excluding carboxylic acids is 1. The van der Waals surface area contributed by atoms with E-state index in [-0.39, 0.29) is 12.4 Å². The Balaban J connectivity index is 2.11. The van der Waals surface area contributed by atoms with E-state index in [0.29, 0.717) is 6.42 Å². The maximum atomic E-state index is 12.2. The normalized spacial score (nSPS) is 12.5. The molecular formula is C18H18F3NO3. The van der Waals surface area contributed by atoms with Crippen molar-refractivity contribution in [2.45, 2.75) is 25.7 Å². The first kappa shape index (κ1) is 18.8. The van der Waals surface area contributed by atoms with Crippen LogP contribution >= 0.6 is 0 Å². The number of alkyl halides is 3. The van der Waals surface area contributed by atoms with Crippen molar-refractivity contribution in [1.82, 2.24) is 0 Å². The maximum Gasteiger partial charge on any atom is 0.573 e. The highest BCUT2D eigenvalue weighted by molar-refractivity contribution is 5.76. The molecule has 2 rings (SSSR count). The van der Waals surface area contributed by atoms with Gasteiger partial charge in [-0.2, -0.15) is 0 Å². The van der Waals surface area contributed by atoms with Gasteiger partial charge in [0.25, 0.3) is 0 Å². The first-order valence-corrected chi connectivity index (χ1v) is 7.66. The van der Waals surface area contributed by atoms with Gasteiger partial charge in [0.1, 0.15) is 11.8 Å². The molecule has 0 bridgehead atoms. The van der Waals surface area contributed by atoms with Gasteiger partial charge in [-0.3, -0.25) is 4.79 Å². The highest BCUT2D eigenvalue weighted by atomic mass is 19.4. The average molecular weight is 353 g/mol. The number of carbonyl (C=O) groups is 1. The number of hydrogen-bond donors (Lipinski definition) is 1. The lowest BCUT2D eigenvalue weighted by Crippen LogP contribution is -2.34. The Kier molecular flexibility index (Phi) is 6.03. The summed E-state index contributed by atoms with van der Waals surface area (Å²) >= 11 is 0. The molecule has 0 saturated carbocycles. The molecule has 0 aromatic heterocycles. The van der Waals surface area contributed by atoms with Gasteiger partial charge in [-0.05, 0) is 42.2 Å². The second-order valence-corrected chi connectivity index (χ2v) is 5.34. The Bertz CT molecular complexity index is 714. The lowest BCUT2D eigenvalue weighted by molar-refractivity contribution is -0.274. The van der Waals surface area contributed by atoms with Gasteiger partial charge in [0, 0.05) is 0 Å². The minimum atomic E-state index is -4.72. The number of nitrogens with two attached hydrogens (primary N) is 1. The predicted molar refractivity (Wildman–Crippen MR) is 86.9 cm³/mol. The molecule has 0 fully saturated rings. The topological polar surface area (TPSA) is 61.5 Å². The molecule has 0 aliphatic carbocycles. The van der Waals surface area contributed by atoms with Gasteiger partial charge < -0.3 is 15.2 Å². The summed E-state index contributed by atoms with van der Waals surface area (Å²) in [5.74, 6) is -0.752. The summed E-state index contributed by atoms with van der Waals surface area (Å²) in [6.45, 7) is 1.97. The summed E-state index contributed by atoms with van der Waals surface area (Å²) < 4.78 is 45.3. The van der Waals surface area contributed by atoms with Crippen molar-refractivity contribution in [2.24, 2.45) is 5.73 Å². The van der Waals surface area contributed by atoms with Crippen LogP contribution in [0.15, 0.2) is 48.5 Å². The summed E-state index contributed by atoms with van der Waals surface area (Å²) in [7, 11) is 0. The fourth-order valence-electron chi connectivity index (χ4n) is 2.31. The van der Waals surface area contributed by atoms with Crippen molar-refractivity contribution in [3.63, 3.8) is 0 Å². The largest absolute Gasteiger partial charge is 0.573 e. The third kappa shape index (κ3) is 5.79. The van der Waals surface area contributed by atoms with Gasteiger partial charge in [0.05, 0.1) is 6.61 Å². The number of ether oxygens (including phenoxy) is 2. The molecule has 0 spiro atoms. The zero-order valence-corrected chi connectivity index (χ0v) is 13.5. The highest BCUT2D eigenvalue weighted by Gasteiger charge is 2.30. The van der Waals surface area contributed by atoms with Crippen molar-refractivity contribution in [1.29, 1.82) is 0 Å². The first-order valence-electron chi connectivity index (χ1n) is 7.66. The van der Waals surface area contributed by atoms with Crippen LogP contribution in [0.2, 0.25) is 0 Å². The first-order chi connectivity index (χ1) is 11.8. The Morgan fingerprint density at radius 1 is 1.12 bits per heavy atom. The van der Waals surface area contributed by atoms with Gasteiger partial charge in [0.15, 0.2) is 0 Å². The summed E-state index contributed by atoms with van der Waals surface area (Å²) in [5.41, 5.74) is 8.15. The minimum Gasteiger partial charge on any atom is -0.465 e. The Hall–Kier alpha value is -2.54. The van der Waals surface area contributed by atoms with Gasteiger partial charge in [0.2, 0.25) is 0 Å². The number of hydrogen-bond acceptors (Lipinski definition) is 4. The molecule has 2 aromatic rings. The maximum absolute atomic E-state index is 12.2. The lowest BCUT2D eigenvalue weighted by atomic mass is 9.99. The second kappa shape index (κ2) is 8.02. The monoisotopic (exact) mass is 353 g/mol. The van der Waals surface area contributed by atoms with Crippen LogP contribution in [0.1, 0.15) is 12.5 Å². The molecule has 1 unspecified atom stereocenters. The van der Waals surface area contributed by atoms with Gasteiger partial charge in [-0.1, -0.05) is 36.4 Å². The van der Waals surface area contributed by atoms with Crippen LogP contribution in [0.5, 0.6) is 5.75 Å². The SMILES string of the molecule is CCOC(=O)C(N)Cc1cccc(-c2ccc(OC(F)(F)F)cc2)c1. The van der Waals surface area contributed by atoms with E-state index in [1.807, 2.05) is 18.2 Å². The molecule has 0 heterocycles. The molecule has 134 valence electrons. The van der Waals surface area contributed by atoms with Crippen LogP contribution in [-0.4, -0.2) is 25.0 Å². The van der Waals surface area contributed by atoms with Crippen molar-refractivity contribution in [3.8, 4) is 16.9 Å². The molecule has 1 atom stereocenters. The van der Waals surface area contributed by atoms with Crippen LogP contribution < -0.4 is 10.5 Å². The minimum absolute atomic E-state index is 0.263. The van der Waals surface area contributed by atoms with E-state index in [1.54, 1.807) is 13.0 Å². The zero-order chi connectivity index (χ0) is 18.4.